The molecular formula is C27H32F3N3O3. The van der Waals surface area contributed by atoms with Crippen LogP contribution in [0.5, 0.6) is 11.5 Å². The molecule has 6 nitrogen and oxygen atoms in total. The molecular weight excluding hydrogens is 471 g/mol. The number of fused-ring (bicyclic) bond motifs is 1. The quantitative estimate of drug-likeness (QED) is 0.338. The molecule has 1 aromatic heterocycles. The van der Waals surface area contributed by atoms with E-state index >= 15 is 0 Å². The smallest absolute Gasteiger partial charge is 0.273 e. The first-order valence-corrected chi connectivity index (χ1v) is 12.0. The first-order chi connectivity index (χ1) is 17.1. The topological polar surface area (TPSA) is 65.5 Å². The van der Waals surface area contributed by atoms with Gasteiger partial charge in [0.2, 0.25) is 0 Å². The van der Waals surface area contributed by atoms with Gasteiger partial charge in [-0.25, -0.2) is 23.1 Å². The highest BCUT2D eigenvalue weighted by atomic mass is 19.3. The second-order valence-corrected chi connectivity index (χ2v) is 9.68. The van der Waals surface area contributed by atoms with Crippen molar-refractivity contribution >= 4 is 16.7 Å². The van der Waals surface area contributed by atoms with Crippen molar-refractivity contribution in [2.75, 3.05) is 32.8 Å². The number of ether oxygens (including phenoxy) is 3. The predicted molar refractivity (Wildman–Crippen MR) is 132 cm³/mol. The zero-order valence-electron chi connectivity index (χ0n) is 21.3. The standard InChI is InChI=1S/C27H32F3N3O3/c1-16(18-8-6-9-20(24(18)28)26(3,29)30)31-25-19-12-23(36-15-27(14-34-4)10-7-11-27)22(35-5)13-21(19)32-17(2)33-25/h6,8-9,12-13,16H,7,10-11,14-15H2,1-5H3,(H,31,32,33)/t16-/m1/s1. The SMILES string of the molecule is COCC1(COc2cc3c(N[C@H](C)c4cccc(C(C)(F)F)c4F)nc(C)nc3cc2OC)CCC1. The van der Waals surface area contributed by atoms with E-state index in [9.17, 15) is 13.2 Å². The molecule has 0 spiro atoms. The van der Waals surface area contributed by atoms with Crippen LogP contribution in [-0.2, 0) is 10.7 Å². The maximum atomic E-state index is 15.0. The molecule has 1 saturated carbocycles. The first-order valence-electron chi connectivity index (χ1n) is 12.0. The van der Waals surface area contributed by atoms with Crippen LogP contribution in [0, 0.1) is 18.2 Å². The minimum absolute atomic E-state index is 0.0159. The third kappa shape index (κ3) is 5.21. The second kappa shape index (κ2) is 10.1. The fourth-order valence-electron chi connectivity index (χ4n) is 4.69. The lowest BCUT2D eigenvalue weighted by atomic mass is 9.70. The number of nitrogens with one attached hydrogen (secondary N) is 1. The molecule has 0 radical (unpaired) electrons. The Morgan fingerprint density at radius 1 is 1.11 bits per heavy atom. The molecule has 2 aromatic carbocycles. The first kappa shape index (κ1) is 26.0. The lowest BCUT2D eigenvalue weighted by molar-refractivity contribution is -0.0191. The number of rotatable bonds is 10. The number of alkyl halides is 2. The van der Waals surface area contributed by atoms with E-state index in [0.717, 1.165) is 25.3 Å². The van der Waals surface area contributed by atoms with Crippen molar-refractivity contribution in [1.82, 2.24) is 9.97 Å². The van der Waals surface area contributed by atoms with Crippen molar-refractivity contribution in [3.63, 3.8) is 0 Å². The highest BCUT2D eigenvalue weighted by Crippen LogP contribution is 2.43. The van der Waals surface area contributed by atoms with Gasteiger partial charge in [0.25, 0.3) is 5.92 Å². The van der Waals surface area contributed by atoms with Crippen LogP contribution in [0.1, 0.15) is 56.1 Å². The number of aryl methyl sites for hydroxylation is 1. The fraction of sp³-hybridized carbons (Fsp3) is 0.481. The molecule has 0 unspecified atom stereocenters. The average Bonchev–Trinajstić information content (AvgIpc) is 2.79. The summed E-state index contributed by atoms with van der Waals surface area (Å²) in [5.41, 5.74) is 0.0810. The molecule has 0 saturated heterocycles. The van der Waals surface area contributed by atoms with Crippen LogP contribution in [-0.4, -0.2) is 37.4 Å². The van der Waals surface area contributed by atoms with E-state index in [4.69, 9.17) is 14.2 Å². The Balaban J connectivity index is 1.68. The molecule has 194 valence electrons. The van der Waals surface area contributed by atoms with Gasteiger partial charge < -0.3 is 19.5 Å². The molecule has 1 atom stereocenters. The molecule has 1 fully saturated rings. The molecule has 1 aliphatic carbocycles. The van der Waals surface area contributed by atoms with Gasteiger partial charge >= 0.3 is 0 Å². The van der Waals surface area contributed by atoms with E-state index in [0.29, 0.717) is 54.2 Å². The van der Waals surface area contributed by atoms with E-state index in [1.54, 1.807) is 40.2 Å². The number of hydrogen-bond donors (Lipinski definition) is 1. The summed E-state index contributed by atoms with van der Waals surface area (Å²) >= 11 is 0. The third-order valence-electron chi connectivity index (χ3n) is 6.81. The Hall–Kier alpha value is -3.07. The fourth-order valence-corrected chi connectivity index (χ4v) is 4.69. The van der Waals surface area contributed by atoms with Crippen molar-refractivity contribution in [3.05, 3.63) is 53.1 Å². The van der Waals surface area contributed by atoms with Crippen molar-refractivity contribution in [3.8, 4) is 11.5 Å². The molecule has 1 heterocycles. The number of halogens is 3. The van der Waals surface area contributed by atoms with Crippen LogP contribution in [0.4, 0.5) is 19.0 Å². The molecule has 1 aliphatic rings. The summed E-state index contributed by atoms with van der Waals surface area (Å²) in [6.45, 7) is 5.24. The number of aromatic nitrogens is 2. The lowest BCUT2D eigenvalue weighted by Gasteiger charge is -2.40. The highest BCUT2D eigenvalue weighted by molar-refractivity contribution is 5.92. The summed E-state index contributed by atoms with van der Waals surface area (Å²) in [5.74, 6) is -2.21. The molecule has 1 N–H and O–H groups in total. The number of benzene rings is 2. The molecule has 0 bridgehead atoms. The van der Waals surface area contributed by atoms with Gasteiger partial charge in [0.05, 0.1) is 37.4 Å². The van der Waals surface area contributed by atoms with Crippen molar-refractivity contribution in [2.24, 2.45) is 5.41 Å². The van der Waals surface area contributed by atoms with Crippen LogP contribution in [0.25, 0.3) is 10.9 Å². The number of nitrogens with zero attached hydrogens (tertiary/aromatic N) is 2. The highest BCUT2D eigenvalue weighted by Gasteiger charge is 2.38. The summed E-state index contributed by atoms with van der Waals surface area (Å²) < 4.78 is 59.9. The lowest BCUT2D eigenvalue weighted by Crippen LogP contribution is -2.39. The zero-order valence-corrected chi connectivity index (χ0v) is 21.3. The second-order valence-electron chi connectivity index (χ2n) is 9.68. The molecule has 9 heteroatoms. The van der Waals surface area contributed by atoms with E-state index in [1.165, 1.54) is 12.1 Å². The summed E-state index contributed by atoms with van der Waals surface area (Å²) in [4.78, 5) is 9.04. The van der Waals surface area contributed by atoms with Gasteiger partial charge in [-0.15, -0.1) is 0 Å². The van der Waals surface area contributed by atoms with Gasteiger partial charge in [-0.3, -0.25) is 0 Å². The summed E-state index contributed by atoms with van der Waals surface area (Å²) in [6, 6.07) is 6.96. The van der Waals surface area contributed by atoms with Crippen LogP contribution >= 0.6 is 0 Å². The van der Waals surface area contributed by atoms with Crippen LogP contribution in [0.3, 0.4) is 0 Å². The van der Waals surface area contributed by atoms with Gasteiger partial charge in [-0.1, -0.05) is 24.6 Å². The van der Waals surface area contributed by atoms with Gasteiger partial charge in [-0.05, 0) is 32.8 Å². The van der Waals surface area contributed by atoms with Gasteiger partial charge in [-0.2, -0.15) is 0 Å². The summed E-state index contributed by atoms with van der Waals surface area (Å²) in [5, 5.41) is 3.84. The largest absolute Gasteiger partial charge is 0.493 e. The predicted octanol–water partition coefficient (Wildman–Crippen LogP) is 6.57. The normalized spacial score (nSPS) is 15.9. The number of methoxy groups -OCH3 is 2. The zero-order chi connectivity index (χ0) is 26.1. The Bertz CT molecular complexity index is 1240. The van der Waals surface area contributed by atoms with Crippen molar-refractivity contribution < 1.29 is 27.4 Å². The third-order valence-corrected chi connectivity index (χ3v) is 6.81. The van der Waals surface area contributed by atoms with Gasteiger partial charge in [0.15, 0.2) is 11.5 Å². The maximum absolute atomic E-state index is 15.0. The van der Waals surface area contributed by atoms with Gasteiger partial charge in [0, 0.05) is 36.5 Å². The Morgan fingerprint density at radius 3 is 2.47 bits per heavy atom. The minimum Gasteiger partial charge on any atom is -0.493 e. The average molecular weight is 504 g/mol. The molecule has 0 aliphatic heterocycles. The van der Waals surface area contributed by atoms with E-state index < -0.39 is 23.3 Å². The molecule has 4 rings (SSSR count). The molecule has 0 amide bonds. The summed E-state index contributed by atoms with van der Waals surface area (Å²) in [7, 11) is 3.26. The molecule has 3 aromatic rings. The minimum atomic E-state index is -3.29. The Labute approximate surface area is 209 Å². The Kier molecular flexibility index (Phi) is 7.31. The van der Waals surface area contributed by atoms with E-state index in [2.05, 4.69) is 15.3 Å². The number of hydrogen-bond acceptors (Lipinski definition) is 6. The van der Waals surface area contributed by atoms with Crippen molar-refractivity contribution in [2.45, 2.75) is 52.0 Å². The van der Waals surface area contributed by atoms with E-state index in [-0.39, 0.29) is 11.0 Å². The summed E-state index contributed by atoms with van der Waals surface area (Å²) in [6.07, 6.45) is 3.21. The van der Waals surface area contributed by atoms with Crippen LogP contribution in [0.2, 0.25) is 0 Å². The van der Waals surface area contributed by atoms with E-state index in [1.807, 2.05) is 0 Å². The maximum Gasteiger partial charge on any atom is 0.273 e. The van der Waals surface area contributed by atoms with Crippen LogP contribution < -0.4 is 14.8 Å². The monoisotopic (exact) mass is 503 g/mol. The number of anilines is 1. The Morgan fingerprint density at radius 2 is 1.86 bits per heavy atom. The van der Waals surface area contributed by atoms with Crippen LogP contribution in [0.15, 0.2) is 30.3 Å². The molecule has 36 heavy (non-hydrogen) atoms. The van der Waals surface area contributed by atoms with Gasteiger partial charge in [0.1, 0.15) is 17.5 Å². The van der Waals surface area contributed by atoms with Crippen molar-refractivity contribution in [1.29, 1.82) is 0 Å².